The SMILES string of the molecule is O=C([O-])C(O)C1CCCc2ccccc21. The molecule has 1 aromatic rings. The summed E-state index contributed by atoms with van der Waals surface area (Å²) in [4.78, 5) is 10.6. The van der Waals surface area contributed by atoms with E-state index in [0.29, 0.717) is 6.42 Å². The topological polar surface area (TPSA) is 60.4 Å². The monoisotopic (exact) mass is 205 g/mol. The van der Waals surface area contributed by atoms with E-state index < -0.39 is 12.1 Å². The van der Waals surface area contributed by atoms with Crippen LogP contribution in [0, 0.1) is 0 Å². The third kappa shape index (κ3) is 1.88. The van der Waals surface area contributed by atoms with E-state index in [1.165, 1.54) is 0 Å². The van der Waals surface area contributed by atoms with Crippen LogP contribution in [0.4, 0.5) is 0 Å². The van der Waals surface area contributed by atoms with E-state index in [9.17, 15) is 15.0 Å². The predicted molar refractivity (Wildman–Crippen MR) is 53.1 cm³/mol. The molecular formula is C12H13O3-. The van der Waals surface area contributed by atoms with Crippen molar-refractivity contribution in [3.8, 4) is 0 Å². The molecule has 0 heterocycles. The maximum absolute atomic E-state index is 10.6. The Morgan fingerprint density at radius 3 is 2.93 bits per heavy atom. The van der Waals surface area contributed by atoms with Crippen LogP contribution >= 0.6 is 0 Å². The molecule has 3 nitrogen and oxygen atoms in total. The number of aliphatic hydroxyl groups is 1. The van der Waals surface area contributed by atoms with Gasteiger partial charge in [0.2, 0.25) is 0 Å². The summed E-state index contributed by atoms with van der Waals surface area (Å²) in [5, 5.41) is 20.2. The Balaban J connectivity index is 2.33. The second-order valence-electron chi connectivity index (χ2n) is 3.96. The molecule has 3 heteroatoms. The number of carbonyl (C=O) groups is 1. The summed E-state index contributed by atoms with van der Waals surface area (Å²) in [5.74, 6) is -1.68. The fraction of sp³-hybridized carbons (Fsp3) is 0.417. The number of aryl methyl sites for hydroxylation is 1. The Hall–Kier alpha value is -1.35. The minimum absolute atomic E-state index is 0.306. The number of benzene rings is 1. The summed E-state index contributed by atoms with van der Waals surface area (Å²) in [6, 6.07) is 7.70. The van der Waals surface area contributed by atoms with Gasteiger partial charge in [-0.25, -0.2) is 0 Å². The number of carboxylic acids is 1. The van der Waals surface area contributed by atoms with Crippen LogP contribution in [0.1, 0.15) is 29.9 Å². The minimum atomic E-state index is -1.38. The summed E-state index contributed by atoms with van der Waals surface area (Å²) in [5.41, 5.74) is 2.11. The number of fused-ring (bicyclic) bond motifs is 1. The third-order valence-electron chi connectivity index (χ3n) is 3.04. The summed E-state index contributed by atoms with van der Waals surface area (Å²) in [7, 11) is 0. The zero-order chi connectivity index (χ0) is 10.8. The van der Waals surface area contributed by atoms with Gasteiger partial charge >= 0.3 is 0 Å². The number of carboxylic acid groups (broad SMARTS) is 1. The van der Waals surface area contributed by atoms with Gasteiger partial charge in [-0.2, -0.15) is 0 Å². The molecule has 0 fully saturated rings. The van der Waals surface area contributed by atoms with Gasteiger partial charge < -0.3 is 15.0 Å². The molecule has 0 saturated carbocycles. The van der Waals surface area contributed by atoms with Gasteiger partial charge in [-0.15, -0.1) is 0 Å². The molecule has 0 aromatic heterocycles. The maximum Gasteiger partial charge on any atom is 0.100 e. The van der Waals surface area contributed by atoms with Crippen LogP contribution in [0.2, 0.25) is 0 Å². The van der Waals surface area contributed by atoms with Gasteiger partial charge in [-0.05, 0) is 30.4 Å². The van der Waals surface area contributed by atoms with Crippen LogP contribution in [0.3, 0.4) is 0 Å². The molecule has 1 aliphatic carbocycles. The Labute approximate surface area is 88.4 Å². The molecule has 0 aliphatic heterocycles. The van der Waals surface area contributed by atoms with Crippen LogP contribution in [0.5, 0.6) is 0 Å². The van der Waals surface area contributed by atoms with Crippen molar-refractivity contribution in [2.75, 3.05) is 0 Å². The van der Waals surface area contributed by atoms with Crippen LogP contribution in [0.25, 0.3) is 0 Å². The van der Waals surface area contributed by atoms with E-state index in [0.717, 1.165) is 24.0 Å². The first-order valence-electron chi connectivity index (χ1n) is 5.17. The second-order valence-corrected chi connectivity index (χ2v) is 3.96. The smallest absolute Gasteiger partial charge is 0.100 e. The van der Waals surface area contributed by atoms with Crippen molar-refractivity contribution in [1.82, 2.24) is 0 Å². The first kappa shape index (κ1) is 10.2. The van der Waals surface area contributed by atoms with E-state index in [1.807, 2.05) is 24.3 Å². The highest BCUT2D eigenvalue weighted by Gasteiger charge is 2.26. The molecule has 80 valence electrons. The lowest BCUT2D eigenvalue weighted by Gasteiger charge is -2.29. The maximum atomic E-state index is 10.6. The third-order valence-corrected chi connectivity index (χ3v) is 3.04. The molecule has 0 amide bonds. The average molecular weight is 205 g/mol. The normalized spacial score (nSPS) is 21.8. The molecule has 1 N–H and O–H groups in total. The first-order chi connectivity index (χ1) is 7.20. The van der Waals surface area contributed by atoms with E-state index in [-0.39, 0.29) is 5.92 Å². The number of aliphatic hydroxyl groups excluding tert-OH is 1. The van der Waals surface area contributed by atoms with Crippen molar-refractivity contribution in [3.05, 3.63) is 35.4 Å². The molecule has 15 heavy (non-hydrogen) atoms. The van der Waals surface area contributed by atoms with Gasteiger partial charge in [0.25, 0.3) is 0 Å². The lowest BCUT2D eigenvalue weighted by Crippen LogP contribution is -2.40. The van der Waals surface area contributed by atoms with Crippen LogP contribution < -0.4 is 5.11 Å². The van der Waals surface area contributed by atoms with Gasteiger partial charge in [0.05, 0.1) is 5.97 Å². The highest BCUT2D eigenvalue weighted by atomic mass is 16.4. The fourth-order valence-corrected chi connectivity index (χ4v) is 2.28. The van der Waals surface area contributed by atoms with Crippen molar-refractivity contribution in [2.24, 2.45) is 0 Å². The standard InChI is InChI=1S/C12H14O3/c13-11(12(14)15)10-7-3-5-8-4-1-2-6-9(8)10/h1-2,4,6,10-11,13H,3,5,7H2,(H,14,15)/p-1. The highest BCUT2D eigenvalue weighted by Crippen LogP contribution is 2.33. The van der Waals surface area contributed by atoms with Gasteiger partial charge in [0, 0.05) is 5.92 Å². The molecule has 1 aromatic carbocycles. The number of rotatable bonds is 2. The number of hydrogen-bond acceptors (Lipinski definition) is 3. The summed E-state index contributed by atoms with van der Waals surface area (Å²) in [6.45, 7) is 0. The van der Waals surface area contributed by atoms with Crippen LogP contribution in [-0.2, 0) is 11.2 Å². The van der Waals surface area contributed by atoms with E-state index >= 15 is 0 Å². The quantitative estimate of drug-likeness (QED) is 0.751. The Morgan fingerprint density at radius 2 is 2.20 bits per heavy atom. The summed E-state index contributed by atoms with van der Waals surface area (Å²) in [6.07, 6.45) is 1.22. The number of carbonyl (C=O) groups excluding carboxylic acids is 1. The average Bonchev–Trinajstić information content (AvgIpc) is 2.27. The van der Waals surface area contributed by atoms with Gasteiger partial charge in [-0.1, -0.05) is 24.3 Å². The van der Waals surface area contributed by atoms with Crippen molar-refractivity contribution in [3.63, 3.8) is 0 Å². The van der Waals surface area contributed by atoms with Crippen LogP contribution in [-0.4, -0.2) is 17.2 Å². The Bertz CT molecular complexity index is 373. The number of hydrogen-bond donors (Lipinski definition) is 1. The van der Waals surface area contributed by atoms with Gasteiger partial charge in [-0.3, -0.25) is 0 Å². The van der Waals surface area contributed by atoms with Gasteiger partial charge in [0.1, 0.15) is 6.10 Å². The molecule has 0 spiro atoms. The molecule has 0 radical (unpaired) electrons. The predicted octanol–water partition coefficient (Wildman–Crippen LogP) is 0.217. The molecular weight excluding hydrogens is 192 g/mol. The Morgan fingerprint density at radius 1 is 1.47 bits per heavy atom. The van der Waals surface area contributed by atoms with Crippen molar-refractivity contribution >= 4 is 5.97 Å². The zero-order valence-corrected chi connectivity index (χ0v) is 8.35. The zero-order valence-electron chi connectivity index (χ0n) is 8.35. The van der Waals surface area contributed by atoms with Gasteiger partial charge in [0.15, 0.2) is 0 Å². The van der Waals surface area contributed by atoms with Crippen molar-refractivity contribution in [2.45, 2.75) is 31.3 Å². The van der Waals surface area contributed by atoms with E-state index in [2.05, 4.69) is 0 Å². The summed E-state index contributed by atoms with van der Waals surface area (Å²) < 4.78 is 0. The molecule has 2 unspecified atom stereocenters. The highest BCUT2D eigenvalue weighted by molar-refractivity contribution is 5.71. The van der Waals surface area contributed by atoms with Crippen molar-refractivity contribution in [1.29, 1.82) is 0 Å². The van der Waals surface area contributed by atoms with Crippen molar-refractivity contribution < 1.29 is 15.0 Å². The summed E-state index contributed by atoms with van der Waals surface area (Å²) >= 11 is 0. The van der Waals surface area contributed by atoms with E-state index in [4.69, 9.17) is 0 Å². The lowest BCUT2D eigenvalue weighted by atomic mass is 9.80. The Kier molecular flexibility index (Phi) is 2.73. The second kappa shape index (κ2) is 4.03. The van der Waals surface area contributed by atoms with Crippen LogP contribution in [0.15, 0.2) is 24.3 Å². The molecule has 0 saturated heterocycles. The molecule has 2 atom stereocenters. The number of aliphatic carboxylic acids is 1. The van der Waals surface area contributed by atoms with E-state index in [1.54, 1.807) is 0 Å². The lowest BCUT2D eigenvalue weighted by molar-refractivity contribution is -0.316. The first-order valence-corrected chi connectivity index (χ1v) is 5.17. The minimum Gasteiger partial charge on any atom is -0.547 e. The molecule has 1 aliphatic rings. The molecule has 2 rings (SSSR count). The fourth-order valence-electron chi connectivity index (χ4n) is 2.28. The largest absolute Gasteiger partial charge is 0.547 e. The molecule has 0 bridgehead atoms.